The molecule has 0 aliphatic carbocycles. The summed E-state index contributed by atoms with van der Waals surface area (Å²) in [4.78, 5) is 50.4. The predicted octanol–water partition coefficient (Wildman–Crippen LogP) is 7.55. The standard InChI is InChI=1S/C52H44N4O7/c1-61-41-25-14-33(15-26-41)12-13-34-16-27-43-42(32-34)52(51(60)54-43)44(49(58)53-38-19-21-39(22-20-38)55-28-30-62-31-29-55)46-50(59)63-47(36-10-6-3-7-11-36)45(35-8-4-2-5-9-35)56(46)48(52)37-17-23-40(57)24-18-37/h2-11,14-27,32,44-48,57H,28-31H2,1H3,(H,53,58)(H,54,60)/t44-,45-,46-,47+,48+,52-/m0/s1. The van der Waals surface area contributed by atoms with E-state index >= 15 is 14.4 Å². The number of rotatable bonds is 7. The summed E-state index contributed by atoms with van der Waals surface area (Å²) >= 11 is 0. The second-order valence-electron chi connectivity index (χ2n) is 16.2. The molecule has 6 aromatic carbocycles. The number of fused-ring (bicyclic) bond motifs is 3. The van der Waals surface area contributed by atoms with E-state index in [1.165, 1.54) is 0 Å². The van der Waals surface area contributed by atoms with Crippen molar-refractivity contribution in [2.75, 3.05) is 48.9 Å². The van der Waals surface area contributed by atoms with Crippen molar-refractivity contribution in [3.05, 3.63) is 185 Å². The quantitative estimate of drug-likeness (QED) is 0.110. The third-order valence-electron chi connectivity index (χ3n) is 12.8. The molecule has 3 N–H and O–H groups in total. The van der Waals surface area contributed by atoms with Crippen molar-refractivity contribution in [3.63, 3.8) is 0 Å². The number of carbonyl (C=O) groups excluding carboxylic acids is 3. The molecule has 0 radical (unpaired) electrons. The van der Waals surface area contributed by atoms with Crippen LogP contribution in [-0.2, 0) is 29.3 Å². The lowest BCUT2D eigenvalue weighted by atomic mass is 9.65. The minimum atomic E-state index is -1.72. The van der Waals surface area contributed by atoms with Crippen molar-refractivity contribution in [1.82, 2.24) is 4.90 Å². The number of carbonyl (C=O) groups is 3. The number of benzene rings is 6. The molecule has 4 aliphatic heterocycles. The zero-order chi connectivity index (χ0) is 43.1. The first kappa shape index (κ1) is 39.7. The zero-order valence-electron chi connectivity index (χ0n) is 34.4. The van der Waals surface area contributed by atoms with Crippen LogP contribution in [0.25, 0.3) is 0 Å². The average Bonchev–Trinajstić information content (AvgIpc) is 3.81. The number of nitrogens with one attached hydrogen (secondary N) is 2. The predicted molar refractivity (Wildman–Crippen MR) is 238 cm³/mol. The Morgan fingerprint density at radius 1 is 0.762 bits per heavy atom. The monoisotopic (exact) mass is 836 g/mol. The second kappa shape index (κ2) is 16.5. The molecule has 0 unspecified atom stereocenters. The van der Waals surface area contributed by atoms with Gasteiger partial charge in [0.1, 0.15) is 29.1 Å². The summed E-state index contributed by atoms with van der Waals surface area (Å²) in [5.74, 6) is 4.34. The summed E-state index contributed by atoms with van der Waals surface area (Å²) in [5, 5.41) is 16.9. The minimum absolute atomic E-state index is 0.0318. The van der Waals surface area contributed by atoms with E-state index in [-0.39, 0.29) is 5.75 Å². The molecule has 6 atom stereocenters. The number of cyclic esters (lactones) is 1. The van der Waals surface area contributed by atoms with Gasteiger partial charge < -0.3 is 34.9 Å². The average molecular weight is 837 g/mol. The third-order valence-corrected chi connectivity index (χ3v) is 12.8. The van der Waals surface area contributed by atoms with E-state index in [0.717, 1.165) is 35.5 Å². The molecule has 0 saturated carbocycles. The van der Waals surface area contributed by atoms with Gasteiger partial charge in [-0.1, -0.05) is 84.6 Å². The maximum absolute atomic E-state index is 15.6. The molecule has 3 saturated heterocycles. The van der Waals surface area contributed by atoms with Crippen LogP contribution in [0.3, 0.4) is 0 Å². The number of aromatic hydroxyl groups is 1. The van der Waals surface area contributed by atoms with E-state index in [1.54, 1.807) is 31.4 Å². The van der Waals surface area contributed by atoms with Gasteiger partial charge in [-0.2, -0.15) is 0 Å². The number of methoxy groups -OCH3 is 1. The SMILES string of the molecule is COc1ccc(C#Cc2ccc3c(c2)[C@]2(C(=O)N3)[C@H](C(=O)Nc3ccc(N4CCOCC4)cc3)[C@H]3C(=O)O[C@H](c4ccccc4)[C@H](c4ccccc4)N3[C@@H]2c2ccc(O)cc2)cc1. The van der Waals surface area contributed by atoms with Crippen LogP contribution >= 0.6 is 0 Å². The van der Waals surface area contributed by atoms with Crippen molar-refractivity contribution in [2.45, 2.75) is 29.6 Å². The van der Waals surface area contributed by atoms with Crippen molar-refractivity contribution >= 4 is 34.8 Å². The minimum Gasteiger partial charge on any atom is -0.508 e. The van der Waals surface area contributed by atoms with E-state index < -0.39 is 53.3 Å². The summed E-state index contributed by atoms with van der Waals surface area (Å²) < 4.78 is 17.4. The van der Waals surface area contributed by atoms with E-state index in [4.69, 9.17) is 14.2 Å². The number of morpholine rings is 2. The smallest absolute Gasteiger partial charge is 0.324 e. The van der Waals surface area contributed by atoms with Gasteiger partial charge in [-0.05, 0) is 101 Å². The number of phenols is 1. The molecule has 0 bridgehead atoms. The second-order valence-corrected chi connectivity index (χ2v) is 16.2. The number of phenolic OH excluding ortho intramolecular Hbond substituents is 1. The molecule has 10 rings (SSSR count). The lowest BCUT2D eigenvalue weighted by Gasteiger charge is -2.46. The fourth-order valence-corrected chi connectivity index (χ4v) is 9.94. The molecule has 0 aromatic heterocycles. The molecule has 314 valence electrons. The van der Waals surface area contributed by atoms with Crippen molar-refractivity contribution in [3.8, 4) is 23.3 Å². The summed E-state index contributed by atoms with van der Waals surface area (Å²) in [5.41, 5.74) is 4.42. The fraction of sp³-hybridized carbons (Fsp3) is 0.212. The largest absolute Gasteiger partial charge is 0.508 e. The summed E-state index contributed by atoms with van der Waals surface area (Å²) in [6.07, 6.45) is -0.811. The summed E-state index contributed by atoms with van der Waals surface area (Å²) in [7, 11) is 1.61. The van der Waals surface area contributed by atoms with Crippen LogP contribution < -0.4 is 20.3 Å². The lowest BCUT2D eigenvalue weighted by molar-refractivity contribution is -0.177. The van der Waals surface area contributed by atoms with Crippen LogP contribution in [0.2, 0.25) is 0 Å². The van der Waals surface area contributed by atoms with Gasteiger partial charge in [0.15, 0.2) is 0 Å². The first-order chi connectivity index (χ1) is 30.8. The Balaban J connectivity index is 1.18. The van der Waals surface area contributed by atoms with Gasteiger partial charge in [0.25, 0.3) is 0 Å². The number of esters is 1. The van der Waals surface area contributed by atoms with Crippen molar-refractivity contribution < 1.29 is 33.7 Å². The summed E-state index contributed by atoms with van der Waals surface area (Å²) in [6.45, 7) is 2.77. The number of hydrogen-bond acceptors (Lipinski definition) is 9. The summed E-state index contributed by atoms with van der Waals surface area (Å²) in [6, 6.07) is 43.6. The molecule has 3 fully saturated rings. The van der Waals surface area contributed by atoms with Crippen LogP contribution in [0.5, 0.6) is 11.5 Å². The van der Waals surface area contributed by atoms with E-state index in [1.807, 2.05) is 132 Å². The van der Waals surface area contributed by atoms with Crippen molar-refractivity contribution in [1.29, 1.82) is 0 Å². The van der Waals surface area contributed by atoms with E-state index in [9.17, 15) is 5.11 Å². The van der Waals surface area contributed by atoms with Crippen LogP contribution in [0, 0.1) is 17.8 Å². The normalized spacial score (nSPS) is 23.8. The van der Waals surface area contributed by atoms with Crippen molar-refractivity contribution in [2.24, 2.45) is 5.92 Å². The first-order valence-electron chi connectivity index (χ1n) is 21.1. The Morgan fingerprint density at radius 2 is 1.41 bits per heavy atom. The topological polar surface area (TPSA) is 130 Å². The number of ether oxygens (including phenoxy) is 3. The molecular formula is C52H44N4O7. The van der Waals surface area contributed by atoms with Crippen LogP contribution in [0.1, 0.15) is 51.6 Å². The number of nitrogens with zero attached hydrogens (tertiary/aromatic N) is 2. The van der Waals surface area contributed by atoms with Gasteiger partial charge in [-0.25, -0.2) is 0 Å². The van der Waals surface area contributed by atoms with Gasteiger partial charge in [-0.15, -0.1) is 0 Å². The van der Waals surface area contributed by atoms with Gasteiger partial charge in [0.05, 0.1) is 38.3 Å². The van der Waals surface area contributed by atoms with Gasteiger partial charge in [0.2, 0.25) is 11.8 Å². The maximum Gasteiger partial charge on any atom is 0.324 e. The Morgan fingerprint density at radius 3 is 2.10 bits per heavy atom. The first-order valence-corrected chi connectivity index (χ1v) is 21.1. The van der Waals surface area contributed by atoms with Crippen LogP contribution in [-0.4, -0.2) is 67.2 Å². The Labute approximate surface area is 365 Å². The lowest BCUT2D eigenvalue weighted by Crippen LogP contribution is -2.53. The highest BCUT2D eigenvalue weighted by atomic mass is 16.6. The van der Waals surface area contributed by atoms with E-state index in [0.29, 0.717) is 47.0 Å². The highest BCUT2D eigenvalue weighted by molar-refractivity contribution is 6.13. The molecule has 6 aromatic rings. The highest BCUT2D eigenvalue weighted by Gasteiger charge is 2.74. The number of anilines is 3. The van der Waals surface area contributed by atoms with Gasteiger partial charge in [-0.3, -0.25) is 19.3 Å². The van der Waals surface area contributed by atoms with Gasteiger partial charge in [0, 0.05) is 41.3 Å². The van der Waals surface area contributed by atoms with Gasteiger partial charge >= 0.3 is 5.97 Å². The molecular weight excluding hydrogens is 793 g/mol. The zero-order valence-corrected chi connectivity index (χ0v) is 34.4. The van der Waals surface area contributed by atoms with Crippen LogP contribution in [0.4, 0.5) is 17.1 Å². The molecule has 63 heavy (non-hydrogen) atoms. The molecule has 11 heteroatoms. The third kappa shape index (κ3) is 7.03. The molecule has 2 amide bonds. The Kier molecular flexibility index (Phi) is 10.4. The number of amides is 2. The molecule has 4 aliphatic rings. The Bertz CT molecular complexity index is 2730. The van der Waals surface area contributed by atoms with E-state index in [2.05, 4.69) is 27.4 Å². The molecule has 1 spiro atoms. The molecule has 11 nitrogen and oxygen atoms in total. The maximum atomic E-state index is 15.6. The Hall–Kier alpha value is -7.39. The highest BCUT2D eigenvalue weighted by Crippen LogP contribution is 2.65. The number of hydrogen-bond donors (Lipinski definition) is 3. The van der Waals surface area contributed by atoms with Crippen LogP contribution in [0.15, 0.2) is 152 Å². The fourth-order valence-electron chi connectivity index (χ4n) is 9.94. The molecule has 4 heterocycles.